The third kappa shape index (κ3) is 3.71. The Bertz CT molecular complexity index is 546. The lowest BCUT2D eigenvalue weighted by atomic mass is 10.1. The van der Waals surface area contributed by atoms with Crippen LogP contribution in [0.1, 0.15) is 19.4 Å². The van der Waals surface area contributed by atoms with E-state index in [0.29, 0.717) is 12.2 Å². The lowest BCUT2D eigenvalue weighted by Gasteiger charge is -2.12. The molecule has 7 heteroatoms. The highest BCUT2D eigenvalue weighted by Gasteiger charge is 2.29. The summed E-state index contributed by atoms with van der Waals surface area (Å²) >= 11 is 0. The molecule has 21 heavy (non-hydrogen) atoms. The Hall–Kier alpha value is -2.57. The van der Waals surface area contributed by atoms with Crippen LogP contribution in [0.3, 0.4) is 0 Å². The van der Waals surface area contributed by atoms with Gasteiger partial charge in [-0.3, -0.25) is 25.2 Å². The standard InChI is InChI=1S/C14H17N3O4/c1-8(2)15-13(19)14(20)17-16-12(18)11-7-9-5-3-4-6-10(9)21-11/h3-6,8,11H,7H2,1-2H3,(H,15,19)(H,16,18)(H,17,20)/t11-/m0/s1. The second-order valence-corrected chi connectivity index (χ2v) is 4.99. The molecule has 1 atom stereocenters. The number of nitrogens with one attached hydrogen (secondary N) is 3. The van der Waals surface area contributed by atoms with Gasteiger partial charge < -0.3 is 10.1 Å². The fourth-order valence-electron chi connectivity index (χ4n) is 1.91. The van der Waals surface area contributed by atoms with Crippen molar-refractivity contribution in [3.8, 4) is 5.75 Å². The molecule has 0 spiro atoms. The first kappa shape index (κ1) is 14.8. The van der Waals surface area contributed by atoms with Crippen LogP contribution in [-0.2, 0) is 20.8 Å². The molecule has 0 bridgehead atoms. The molecule has 0 aliphatic carbocycles. The van der Waals surface area contributed by atoms with Gasteiger partial charge in [0.15, 0.2) is 6.10 Å². The second kappa shape index (κ2) is 6.25. The van der Waals surface area contributed by atoms with Crippen molar-refractivity contribution < 1.29 is 19.1 Å². The molecule has 0 fully saturated rings. The Kier molecular flexibility index (Phi) is 4.42. The molecule has 0 saturated heterocycles. The fraction of sp³-hybridized carbons (Fsp3) is 0.357. The van der Waals surface area contributed by atoms with Crippen LogP contribution in [0.4, 0.5) is 0 Å². The molecule has 3 amide bonds. The van der Waals surface area contributed by atoms with Gasteiger partial charge in [0.05, 0.1) is 0 Å². The molecular weight excluding hydrogens is 274 g/mol. The summed E-state index contributed by atoms with van der Waals surface area (Å²) < 4.78 is 5.46. The number of amides is 3. The molecule has 1 heterocycles. The van der Waals surface area contributed by atoms with E-state index in [1.165, 1.54) is 0 Å². The molecule has 1 aliphatic heterocycles. The van der Waals surface area contributed by atoms with Crippen LogP contribution in [0.25, 0.3) is 0 Å². The highest BCUT2D eigenvalue weighted by atomic mass is 16.5. The Balaban J connectivity index is 1.81. The number of carbonyl (C=O) groups excluding carboxylic acids is 3. The molecule has 0 unspecified atom stereocenters. The monoisotopic (exact) mass is 291 g/mol. The van der Waals surface area contributed by atoms with Gasteiger partial charge in [-0.05, 0) is 25.5 Å². The van der Waals surface area contributed by atoms with Crippen molar-refractivity contribution >= 4 is 17.7 Å². The number of fused-ring (bicyclic) bond motifs is 1. The van der Waals surface area contributed by atoms with Gasteiger partial charge in [-0.1, -0.05) is 18.2 Å². The average Bonchev–Trinajstić information content (AvgIpc) is 2.87. The Morgan fingerprint density at radius 2 is 1.86 bits per heavy atom. The summed E-state index contributed by atoms with van der Waals surface area (Å²) in [4.78, 5) is 34.7. The van der Waals surface area contributed by atoms with E-state index in [-0.39, 0.29) is 6.04 Å². The van der Waals surface area contributed by atoms with Crippen LogP contribution in [0.2, 0.25) is 0 Å². The Morgan fingerprint density at radius 1 is 1.14 bits per heavy atom. The van der Waals surface area contributed by atoms with Gasteiger partial charge in [-0.15, -0.1) is 0 Å². The summed E-state index contributed by atoms with van der Waals surface area (Å²) in [6.07, 6.45) is -0.286. The maximum absolute atomic E-state index is 11.9. The van der Waals surface area contributed by atoms with Crippen molar-refractivity contribution in [3.63, 3.8) is 0 Å². The van der Waals surface area contributed by atoms with Crippen molar-refractivity contribution in [1.82, 2.24) is 16.2 Å². The third-order valence-corrected chi connectivity index (χ3v) is 2.86. The first-order valence-electron chi connectivity index (χ1n) is 6.62. The van der Waals surface area contributed by atoms with Crippen LogP contribution in [0, 0.1) is 0 Å². The Labute approximate surface area is 122 Å². The van der Waals surface area contributed by atoms with Crippen molar-refractivity contribution in [2.24, 2.45) is 0 Å². The number of hydrogen-bond acceptors (Lipinski definition) is 4. The fourth-order valence-corrected chi connectivity index (χ4v) is 1.91. The van der Waals surface area contributed by atoms with Crippen molar-refractivity contribution in [1.29, 1.82) is 0 Å². The number of para-hydroxylation sites is 1. The molecule has 0 saturated carbocycles. The van der Waals surface area contributed by atoms with Crippen LogP contribution in [0.5, 0.6) is 5.75 Å². The topological polar surface area (TPSA) is 96.5 Å². The minimum atomic E-state index is -0.924. The number of carbonyl (C=O) groups is 3. The van der Waals surface area contributed by atoms with E-state index in [1.807, 2.05) is 18.2 Å². The summed E-state index contributed by atoms with van der Waals surface area (Å²) in [7, 11) is 0. The zero-order valence-electron chi connectivity index (χ0n) is 11.8. The highest BCUT2D eigenvalue weighted by Crippen LogP contribution is 2.27. The zero-order chi connectivity index (χ0) is 15.4. The molecule has 1 aliphatic rings. The van der Waals surface area contributed by atoms with Gasteiger partial charge in [0.25, 0.3) is 5.91 Å². The molecule has 0 radical (unpaired) electrons. The lowest BCUT2D eigenvalue weighted by Crippen LogP contribution is -2.52. The van der Waals surface area contributed by atoms with Gasteiger partial charge in [0.2, 0.25) is 0 Å². The number of hydrogen-bond donors (Lipinski definition) is 3. The molecule has 0 aromatic heterocycles. The molecular formula is C14H17N3O4. The van der Waals surface area contributed by atoms with Crippen LogP contribution in [0.15, 0.2) is 24.3 Å². The number of rotatable bonds is 2. The maximum Gasteiger partial charge on any atom is 0.327 e. The minimum absolute atomic E-state index is 0.161. The SMILES string of the molecule is CC(C)NC(=O)C(=O)NNC(=O)[C@@H]1Cc2ccccc2O1. The molecule has 2 rings (SSSR count). The average molecular weight is 291 g/mol. The van der Waals surface area contributed by atoms with E-state index in [4.69, 9.17) is 4.74 Å². The summed E-state index contributed by atoms with van der Waals surface area (Å²) in [6, 6.07) is 7.17. The lowest BCUT2D eigenvalue weighted by molar-refractivity contribution is -0.141. The highest BCUT2D eigenvalue weighted by molar-refractivity contribution is 6.35. The molecule has 3 N–H and O–H groups in total. The first-order chi connectivity index (χ1) is 9.97. The van der Waals surface area contributed by atoms with E-state index >= 15 is 0 Å². The van der Waals surface area contributed by atoms with Crippen molar-refractivity contribution in [2.45, 2.75) is 32.4 Å². The zero-order valence-corrected chi connectivity index (χ0v) is 11.8. The van der Waals surface area contributed by atoms with Crippen LogP contribution < -0.4 is 20.9 Å². The van der Waals surface area contributed by atoms with E-state index in [9.17, 15) is 14.4 Å². The number of hydrazine groups is 1. The predicted octanol–water partition coefficient (Wildman–Crippen LogP) is -0.338. The van der Waals surface area contributed by atoms with Gasteiger partial charge >= 0.3 is 11.8 Å². The van der Waals surface area contributed by atoms with Crippen molar-refractivity contribution in [3.05, 3.63) is 29.8 Å². The largest absolute Gasteiger partial charge is 0.480 e. The maximum atomic E-state index is 11.9. The quantitative estimate of drug-likeness (QED) is 0.513. The normalized spacial score (nSPS) is 15.9. The predicted molar refractivity (Wildman–Crippen MR) is 74.1 cm³/mol. The summed E-state index contributed by atoms with van der Waals surface area (Å²) in [5.74, 6) is -1.58. The van der Waals surface area contributed by atoms with Crippen LogP contribution in [-0.4, -0.2) is 29.9 Å². The number of benzene rings is 1. The van der Waals surface area contributed by atoms with Gasteiger partial charge in [-0.25, -0.2) is 0 Å². The minimum Gasteiger partial charge on any atom is -0.480 e. The molecule has 1 aromatic carbocycles. The van der Waals surface area contributed by atoms with E-state index in [0.717, 1.165) is 5.56 Å². The summed E-state index contributed by atoms with van der Waals surface area (Å²) in [6.45, 7) is 3.46. The van der Waals surface area contributed by atoms with E-state index < -0.39 is 23.8 Å². The van der Waals surface area contributed by atoms with E-state index in [2.05, 4.69) is 16.2 Å². The first-order valence-corrected chi connectivity index (χ1v) is 6.62. The molecule has 7 nitrogen and oxygen atoms in total. The molecule has 112 valence electrons. The third-order valence-electron chi connectivity index (χ3n) is 2.86. The Morgan fingerprint density at radius 3 is 2.52 bits per heavy atom. The van der Waals surface area contributed by atoms with Crippen molar-refractivity contribution in [2.75, 3.05) is 0 Å². The van der Waals surface area contributed by atoms with Crippen LogP contribution >= 0.6 is 0 Å². The summed E-state index contributed by atoms with van der Waals surface area (Å²) in [5, 5.41) is 2.42. The van der Waals surface area contributed by atoms with Gasteiger partial charge in [0, 0.05) is 12.5 Å². The molecule has 1 aromatic rings. The second-order valence-electron chi connectivity index (χ2n) is 4.99. The van der Waals surface area contributed by atoms with E-state index in [1.54, 1.807) is 19.9 Å². The van der Waals surface area contributed by atoms with Gasteiger partial charge in [-0.2, -0.15) is 0 Å². The summed E-state index contributed by atoms with van der Waals surface area (Å²) in [5.41, 5.74) is 5.18. The smallest absolute Gasteiger partial charge is 0.327 e. The van der Waals surface area contributed by atoms with Gasteiger partial charge in [0.1, 0.15) is 5.75 Å². The number of ether oxygens (including phenoxy) is 1.